The van der Waals surface area contributed by atoms with Gasteiger partial charge in [0.05, 0.1) is 5.56 Å². The molecule has 108 valence electrons. The minimum Gasteiger partial charge on any atom is -0.473 e. The molecule has 1 aromatic heterocycles. The number of pyridine rings is 1. The molecule has 1 amide bonds. The first-order valence-electron chi connectivity index (χ1n) is 7.32. The second kappa shape index (κ2) is 6.48. The number of ether oxygens (including phenoxy) is 1. The van der Waals surface area contributed by atoms with Crippen molar-refractivity contribution in [3.63, 3.8) is 0 Å². The van der Waals surface area contributed by atoms with E-state index in [1.807, 2.05) is 11.8 Å². The zero-order valence-corrected chi connectivity index (χ0v) is 12.3. The number of nitrogens with zero attached hydrogens (tertiary/aromatic N) is 1. The van der Waals surface area contributed by atoms with Gasteiger partial charge in [0.1, 0.15) is 6.10 Å². The Labute approximate surface area is 123 Å². The molecule has 5 heteroatoms. The predicted molar refractivity (Wildman–Crippen MR) is 80.3 cm³/mol. The van der Waals surface area contributed by atoms with E-state index in [1.165, 1.54) is 12.8 Å². The zero-order valence-electron chi connectivity index (χ0n) is 11.5. The lowest BCUT2D eigenvalue weighted by atomic mass is 10.2. The summed E-state index contributed by atoms with van der Waals surface area (Å²) >= 11 is 1.91. The Bertz CT molecular complexity index is 451. The summed E-state index contributed by atoms with van der Waals surface area (Å²) in [5.41, 5.74) is 0.616. The summed E-state index contributed by atoms with van der Waals surface area (Å²) in [5.74, 6) is 2.79. The van der Waals surface area contributed by atoms with E-state index < -0.39 is 0 Å². The lowest BCUT2D eigenvalue weighted by molar-refractivity contribution is 0.0937. The van der Waals surface area contributed by atoms with Gasteiger partial charge in [-0.1, -0.05) is 12.8 Å². The number of nitrogens with one attached hydrogen (secondary N) is 1. The SMILES string of the molecule is O=C(NC1CCCC1)c1ccc(O[C@@H]2CCSC2)nc1. The van der Waals surface area contributed by atoms with Crippen molar-refractivity contribution in [3.8, 4) is 5.88 Å². The summed E-state index contributed by atoms with van der Waals surface area (Å²) < 4.78 is 5.78. The van der Waals surface area contributed by atoms with E-state index in [2.05, 4.69) is 10.3 Å². The van der Waals surface area contributed by atoms with E-state index in [1.54, 1.807) is 18.3 Å². The quantitative estimate of drug-likeness (QED) is 0.927. The van der Waals surface area contributed by atoms with Crippen LogP contribution in [0.2, 0.25) is 0 Å². The first kappa shape index (κ1) is 13.7. The molecule has 2 heterocycles. The molecule has 1 N–H and O–H groups in total. The number of hydrogen-bond acceptors (Lipinski definition) is 4. The van der Waals surface area contributed by atoms with Gasteiger partial charge in [-0.3, -0.25) is 4.79 Å². The number of carbonyl (C=O) groups excluding carboxylic acids is 1. The molecule has 1 saturated carbocycles. The van der Waals surface area contributed by atoms with Gasteiger partial charge in [-0.05, 0) is 31.1 Å². The predicted octanol–water partition coefficient (Wildman–Crippen LogP) is 2.64. The molecule has 0 radical (unpaired) electrons. The van der Waals surface area contributed by atoms with Crippen molar-refractivity contribution in [2.75, 3.05) is 11.5 Å². The average Bonchev–Trinajstić information content (AvgIpc) is 3.13. The van der Waals surface area contributed by atoms with Gasteiger partial charge in [-0.2, -0.15) is 11.8 Å². The molecule has 1 atom stereocenters. The fourth-order valence-corrected chi connectivity index (χ4v) is 3.79. The van der Waals surface area contributed by atoms with Crippen molar-refractivity contribution in [3.05, 3.63) is 23.9 Å². The van der Waals surface area contributed by atoms with E-state index in [0.717, 1.165) is 30.8 Å². The van der Waals surface area contributed by atoms with Gasteiger partial charge in [0, 0.05) is 24.1 Å². The van der Waals surface area contributed by atoms with Crippen LogP contribution < -0.4 is 10.1 Å². The Morgan fingerprint density at radius 2 is 2.15 bits per heavy atom. The molecule has 0 aromatic carbocycles. The maximum Gasteiger partial charge on any atom is 0.253 e. The normalized spacial score (nSPS) is 22.9. The van der Waals surface area contributed by atoms with Crippen molar-refractivity contribution in [1.29, 1.82) is 0 Å². The summed E-state index contributed by atoms with van der Waals surface area (Å²) in [6.07, 6.45) is 7.59. The molecule has 3 rings (SSSR count). The molecular weight excluding hydrogens is 272 g/mol. The van der Waals surface area contributed by atoms with E-state index >= 15 is 0 Å². The third-order valence-corrected chi connectivity index (χ3v) is 5.00. The highest BCUT2D eigenvalue weighted by atomic mass is 32.2. The number of thioether (sulfide) groups is 1. The number of amides is 1. The molecule has 2 fully saturated rings. The third kappa shape index (κ3) is 3.45. The van der Waals surface area contributed by atoms with E-state index in [4.69, 9.17) is 4.74 Å². The first-order valence-corrected chi connectivity index (χ1v) is 8.48. The van der Waals surface area contributed by atoms with Crippen LogP contribution in [0.15, 0.2) is 18.3 Å². The highest BCUT2D eigenvalue weighted by Crippen LogP contribution is 2.22. The van der Waals surface area contributed by atoms with Crippen LogP contribution in [0.5, 0.6) is 5.88 Å². The molecular formula is C15H20N2O2S. The van der Waals surface area contributed by atoms with E-state index in [9.17, 15) is 4.79 Å². The van der Waals surface area contributed by atoms with Crippen LogP contribution in [0.1, 0.15) is 42.5 Å². The maximum absolute atomic E-state index is 12.1. The van der Waals surface area contributed by atoms with Crippen molar-refractivity contribution >= 4 is 17.7 Å². The molecule has 1 aliphatic carbocycles. The molecule has 4 nitrogen and oxygen atoms in total. The monoisotopic (exact) mass is 292 g/mol. The lowest BCUT2D eigenvalue weighted by Crippen LogP contribution is -2.32. The summed E-state index contributed by atoms with van der Waals surface area (Å²) in [4.78, 5) is 16.3. The van der Waals surface area contributed by atoms with Crippen LogP contribution in [0.25, 0.3) is 0 Å². The van der Waals surface area contributed by atoms with Crippen LogP contribution >= 0.6 is 11.8 Å². The van der Waals surface area contributed by atoms with Gasteiger partial charge in [0.2, 0.25) is 5.88 Å². The van der Waals surface area contributed by atoms with Crippen LogP contribution in [0, 0.1) is 0 Å². The van der Waals surface area contributed by atoms with E-state index in [0.29, 0.717) is 17.5 Å². The Hall–Kier alpha value is -1.23. The highest BCUT2D eigenvalue weighted by molar-refractivity contribution is 7.99. The third-order valence-electron chi connectivity index (χ3n) is 3.86. The molecule has 0 unspecified atom stereocenters. The van der Waals surface area contributed by atoms with Gasteiger partial charge < -0.3 is 10.1 Å². The summed E-state index contributed by atoms with van der Waals surface area (Å²) in [7, 11) is 0. The Kier molecular flexibility index (Phi) is 4.45. The molecule has 1 aliphatic heterocycles. The molecule has 20 heavy (non-hydrogen) atoms. The smallest absolute Gasteiger partial charge is 0.253 e. The summed E-state index contributed by atoms with van der Waals surface area (Å²) in [6, 6.07) is 3.94. The van der Waals surface area contributed by atoms with Crippen LogP contribution in [-0.2, 0) is 0 Å². The zero-order chi connectivity index (χ0) is 13.8. The maximum atomic E-state index is 12.1. The Morgan fingerprint density at radius 1 is 1.30 bits per heavy atom. The molecule has 0 bridgehead atoms. The average molecular weight is 292 g/mol. The Morgan fingerprint density at radius 3 is 2.80 bits per heavy atom. The van der Waals surface area contributed by atoms with Crippen LogP contribution in [-0.4, -0.2) is 34.5 Å². The van der Waals surface area contributed by atoms with Crippen LogP contribution in [0.4, 0.5) is 0 Å². The van der Waals surface area contributed by atoms with Gasteiger partial charge in [0.15, 0.2) is 0 Å². The summed E-state index contributed by atoms with van der Waals surface area (Å²) in [6.45, 7) is 0. The highest BCUT2D eigenvalue weighted by Gasteiger charge is 2.19. The molecule has 0 spiro atoms. The lowest BCUT2D eigenvalue weighted by Gasteiger charge is -2.13. The number of carbonyl (C=O) groups is 1. The van der Waals surface area contributed by atoms with Crippen molar-refractivity contribution in [1.82, 2.24) is 10.3 Å². The standard InChI is InChI=1S/C15H20N2O2S/c18-15(17-12-3-1-2-4-12)11-5-6-14(16-9-11)19-13-7-8-20-10-13/h5-6,9,12-13H,1-4,7-8,10H2,(H,17,18)/t13-/m1/s1. The van der Waals surface area contributed by atoms with Crippen molar-refractivity contribution in [2.45, 2.75) is 44.2 Å². The minimum absolute atomic E-state index is 0.0210. The second-order valence-corrected chi connectivity index (χ2v) is 6.59. The number of aromatic nitrogens is 1. The topological polar surface area (TPSA) is 51.2 Å². The fraction of sp³-hybridized carbons (Fsp3) is 0.600. The van der Waals surface area contributed by atoms with Gasteiger partial charge in [0.25, 0.3) is 5.91 Å². The summed E-state index contributed by atoms with van der Waals surface area (Å²) in [5, 5.41) is 3.06. The number of hydrogen-bond donors (Lipinski definition) is 1. The fourth-order valence-electron chi connectivity index (χ4n) is 2.70. The van der Waals surface area contributed by atoms with E-state index in [-0.39, 0.29) is 12.0 Å². The first-order chi connectivity index (χ1) is 9.81. The largest absolute Gasteiger partial charge is 0.473 e. The minimum atomic E-state index is -0.0210. The van der Waals surface area contributed by atoms with Gasteiger partial charge in [-0.15, -0.1) is 0 Å². The molecule has 1 aromatic rings. The van der Waals surface area contributed by atoms with Gasteiger partial charge in [-0.25, -0.2) is 4.98 Å². The van der Waals surface area contributed by atoms with Gasteiger partial charge >= 0.3 is 0 Å². The molecule has 1 saturated heterocycles. The van der Waals surface area contributed by atoms with Crippen molar-refractivity contribution < 1.29 is 9.53 Å². The number of rotatable bonds is 4. The Balaban J connectivity index is 1.55. The second-order valence-electron chi connectivity index (χ2n) is 5.44. The molecule has 2 aliphatic rings. The van der Waals surface area contributed by atoms with Crippen LogP contribution in [0.3, 0.4) is 0 Å². The van der Waals surface area contributed by atoms with Crippen molar-refractivity contribution in [2.24, 2.45) is 0 Å².